The molecule has 0 saturated carbocycles. The van der Waals surface area contributed by atoms with Crippen LogP contribution in [0.5, 0.6) is 0 Å². The van der Waals surface area contributed by atoms with Gasteiger partial charge in [0.1, 0.15) is 14.0 Å². The summed E-state index contributed by atoms with van der Waals surface area (Å²) in [7, 11) is -1.86. The Morgan fingerprint density at radius 1 is 1.00 bits per heavy atom. The molecule has 0 heterocycles. The third-order valence-corrected chi connectivity index (χ3v) is 11.2. The first-order chi connectivity index (χ1) is 10.7. The second kappa shape index (κ2) is 8.31. The van der Waals surface area contributed by atoms with Gasteiger partial charge in [0.15, 0.2) is 0 Å². The second-order valence-corrected chi connectivity index (χ2v) is 12.7. The molecular formula is C19H29NO2Si. The van der Waals surface area contributed by atoms with Gasteiger partial charge < -0.3 is 0 Å². The maximum atomic E-state index is 11.1. The van der Waals surface area contributed by atoms with E-state index in [0.29, 0.717) is 16.6 Å². The first-order valence-electron chi connectivity index (χ1n) is 8.41. The second-order valence-electron chi connectivity index (χ2n) is 7.15. The van der Waals surface area contributed by atoms with Crippen molar-refractivity contribution in [2.75, 3.05) is 6.54 Å². The molecule has 1 rings (SSSR count). The normalized spacial score (nSPS) is 13.1. The number of rotatable bonds is 6. The molecule has 0 amide bonds. The van der Waals surface area contributed by atoms with Crippen molar-refractivity contribution in [1.29, 1.82) is 0 Å². The molecule has 1 atom stereocenters. The zero-order valence-corrected chi connectivity index (χ0v) is 16.2. The highest BCUT2D eigenvalue weighted by Crippen LogP contribution is 2.40. The lowest BCUT2D eigenvalue weighted by molar-refractivity contribution is -0.481. The van der Waals surface area contributed by atoms with Crippen LogP contribution in [0.25, 0.3) is 0 Å². The first-order valence-corrected chi connectivity index (χ1v) is 10.6. The highest BCUT2D eigenvalue weighted by atomic mass is 28.3. The number of hydrogen-bond donors (Lipinski definition) is 0. The Balaban J connectivity index is 3.30. The summed E-state index contributed by atoms with van der Waals surface area (Å²) in [5.41, 5.74) is 6.15. The van der Waals surface area contributed by atoms with Gasteiger partial charge in [0.2, 0.25) is 6.54 Å². The van der Waals surface area contributed by atoms with E-state index in [1.165, 1.54) is 0 Å². The van der Waals surface area contributed by atoms with Crippen LogP contribution in [0.4, 0.5) is 0 Å². The van der Waals surface area contributed by atoms with E-state index in [-0.39, 0.29) is 17.4 Å². The average Bonchev–Trinajstić information content (AvgIpc) is 2.46. The van der Waals surface area contributed by atoms with Crippen molar-refractivity contribution >= 4 is 8.07 Å². The maximum Gasteiger partial charge on any atom is 0.221 e. The van der Waals surface area contributed by atoms with Crippen LogP contribution in [-0.2, 0) is 0 Å². The van der Waals surface area contributed by atoms with Crippen molar-refractivity contribution in [3.63, 3.8) is 0 Å². The fraction of sp³-hybridized carbons (Fsp3) is 0.579. The van der Waals surface area contributed by atoms with E-state index in [2.05, 4.69) is 53.0 Å². The van der Waals surface area contributed by atoms with Crippen molar-refractivity contribution in [2.45, 2.75) is 64.1 Å². The van der Waals surface area contributed by atoms with E-state index in [1.54, 1.807) is 0 Å². The average molecular weight is 332 g/mol. The molecule has 0 N–H and O–H groups in total. The largest absolute Gasteiger partial charge is 0.264 e. The van der Waals surface area contributed by atoms with E-state index in [1.807, 2.05) is 30.3 Å². The summed E-state index contributed by atoms with van der Waals surface area (Å²) in [5.74, 6) is 3.00. The quantitative estimate of drug-likeness (QED) is 0.308. The first kappa shape index (κ1) is 19.4. The van der Waals surface area contributed by atoms with Crippen LogP contribution >= 0.6 is 0 Å². The predicted molar refractivity (Wildman–Crippen MR) is 99.9 cm³/mol. The van der Waals surface area contributed by atoms with Crippen molar-refractivity contribution < 1.29 is 4.92 Å². The minimum absolute atomic E-state index is 0.129. The lowest BCUT2D eigenvalue weighted by atomic mass is 10.0. The molecule has 0 radical (unpaired) electrons. The van der Waals surface area contributed by atoms with Crippen LogP contribution in [0, 0.1) is 21.6 Å². The lowest BCUT2D eigenvalue weighted by Crippen LogP contribution is -2.43. The Bertz CT molecular complexity index is 548. The van der Waals surface area contributed by atoms with Gasteiger partial charge in [-0.15, -0.1) is 5.54 Å². The monoisotopic (exact) mass is 331 g/mol. The zero-order valence-electron chi connectivity index (χ0n) is 15.2. The molecule has 3 nitrogen and oxygen atoms in total. The predicted octanol–water partition coefficient (Wildman–Crippen LogP) is 5.27. The molecule has 126 valence electrons. The summed E-state index contributed by atoms with van der Waals surface area (Å²) >= 11 is 0. The van der Waals surface area contributed by atoms with Crippen molar-refractivity contribution in [3.05, 3.63) is 46.0 Å². The number of hydrogen-bond acceptors (Lipinski definition) is 2. The molecule has 0 saturated heterocycles. The van der Waals surface area contributed by atoms with Crippen LogP contribution in [0.15, 0.2) is 30.3 Å². The van der Waals surface area contributed by atoms with Gasteiger partial charge in [0.05, 0.1) is 0 Å². The molecule has 1 aromatic rings. The molecule has 0 unspecified atom stereocenters. The van der Waals surface area contributed by atoms with E-state index in [9.17, 15) is 10.1 Å². The van der Waals surface area contributed by atoms with Gasteiger partial charge in [-0.05, 0) is 22.2 Å². The summed E-state index contributed by atoms with van der Waals surface area (Å²) in [5, 5.41) is 11.1. The van der Waals surface area contributed by atoms with E-state index in [4.69, 9.17) is 0 Å². The van der Waals surface area contributed by atoms with E-state index >= 15 is 0 Å². The van der Waals surface area contributed by atoms with Gasteiger partial charge in [0, 0.05) is 4.92 Å². The summed E-state index contributed by atoms with van der Waals surface area (Å²) in [6, 6.07) is 9.64. The third-order valence-electron chi connectivity index (χ3n) is 4.86. The van der Waals surface area contributed by atoms with E-state index < -0.39 is 8.07 Å². The molecule has 0 spiro atoms. The number of nitrogens with zero attached hydrogens (tertiary/aromatic N) is 1. The Kier molecular flexibility index (Phi) is 7.02. The van der Waals surface area contributed by atoms with Gasteiger partial charge in [-0.3, -0.25) is 10.1 Å². The third kappa shape index (κ3) is 4.68. The molecule has 0 fully saturated rings. The summed E-state index contributed by atoms with van der Waals surface area (Å²) < 4.78 is 0. The van der Waals surface area contributed by atoms with Crippen LogP contribution in [0.3, 0.4) is 0 Å². The zero-order chi connectivity index (χ0) is 17.6. The van der Waals surface area contributed by atoms with Gasteiger partial charge in [-0.25, -0.2) is 0 Å². The summed E-state index contributed by atoms with van der Waals surface area (Å²) in [6.07, 6.45) is 0. The molecule has 4 heteroatoms. The van der Waals surface area contributed by atoms with Crippen molar-refractivity contribution in [2.24, 2.45) is 0 Å². The Morgan fingerprint density at radius 3 is 1.87 bits per heavy atom. The van der Waals surface area contributed by atoms with Gasteiger partial charge in [0.25, 0.3) is 0 Å². The topological polar surface area (TPSA) is 43.1 Å². The van der Waals surface area contributed by atoms with Gasteiger partial charge in [-0.2, -0.15) is 0 Å². The van der Waals surface area contributed by atoms with E-state index in [0.717, 1.165) is 5.56 Å². The highest BCUT2D eigenvalue weighted by Gasteiger charge is 2.41. The molecule has 1 aromatic carbocycles. The molecule has 23 heavy (non-hydrogen) atoms. The molecule has 0 aliphatic carbocycles. The summed E-state index contributed by atoms with van der Waals surface area (Å²) in [4.78, 5) is 10.8. The van der Waals surface area contributed by atoms with Gasteiger partial charge >= 0.3 is 0 Å². The number of nitro groups is 1. The highest BCUT2D eigenvalue weighted by molar-refractivity contribution is 6.90. The molecule has 0 aliphatic heterocycles. The van der Waals surface area contributed by atoms with Gasteiger partial charge in [-0.1, -0.05) is 77.8 Å². The SMILES string of the molecule is CC(C)[Si](C#C[C@H](C[N+](=O)[O-])c1ccccc1)(C(C)C)C(C)C. The Hall–Kier alpha value is -1.60. The lowest BCUT2D eigenvalue weighted by Gasteiger charge is -2.38. The van der Waals surface area contributed by atoms with Crippen LogP contribution in [-0.4, -0.2) is 19.5 Å². The van der Waals surface area contributed by atoms with Crippen LogP contribution < -0.4 is 0 Å². The fourth-order valence-corrected chi connectivity index (χ4v) is 9.00. The number of benzene rings is 1. The molecule has 0 aromatic heterocycles. The minimum atomic E-state index is -1.86. The maximum absolute atomic E-state index is 11.1. The Morgan fingerprint density at radius 2 is 1.48 bits per heavy atom. The van der Waals surface area contributed by atoms with Crippen molar-refractivity contribution in [1.82, 2.24) is 0 Å². The Labute approximate surface area is 141 Å². The minimum Gasteiger partial charge on any atom is -0.264 e. The molecular weight excluding hydrogens is 302 g/mol. The van der Waals surface area contributed by atoms with Crippen LogP contribution in [0.1, 0.15) is 53.0 Å². The molecule has 0 aliphatic rings. The smallest absolute Gasteiger partial charge is 0.221 e. The van der Waals surface area contributed by atoms with Crippen molar-refractivity contribution in [3.8, 4) is 11.5 Å². The van der Waals surface area contributed by atoms with Crippen LogP contribution in [0.2, 0.25) is 16.6 Å². The molecule has 0 bridgehead atoms. The standard InChI is InChI=1S/C19H29NO2Si/c1-15(2)23(16(3)4,17(5)6)13-12-19(14-20(21)22)18-10-8-7-9-11-18/h7-11,15-17,19H,14H2,1-6H3/t19-/m1/s1. The fourth-order valence-electron chi connectivity index (χ4n) is 3.71. The summed E-state index contributed by atoms with van der Waals surface area (Å²) in [6.45, 7) is 13.4.